The Kier molecular flexibility index (Phi) is 4.93. The van der Waals surface area contributed by atoms with Crippen LogP contribution in [0, 0.1) is 0 Å². The van der Waals surface area contributed by atoms with Crippen molar-refractivity contribution in [3.63, 3.8) is 0 Å². The van der Waals surface area contributed by atoms with Gasteiger partial charge in [-0.05, 0) is 50.6 Å². The van der Waals surface area contributed by atoms with E-state index in [9.17, 15) is 4.79 Å². The number of piperidine rings is 1. The fourth-order valence-electron chi connectivity index (χ4n) is 4.22. The van der Waals surface area contributed by atoms with Crippen LogP contribution in [0.15, 0.2) is 48.8 Å². The fraction of sp³-hybridized carbons (Fsp3) is 0.500. The Morgan fingerprint density at radius 2 is 1.81 bits per heavy atom. The molecule has 2 fully saturated rings. The van der Waals surface area contributed by atoms with Gasteiger partial charge < -0.3 is 15.1 Å². The van der Waals surface area contributed by atoms with E-state index >= 15 is 0 Å². The number of aromatic nitrogens is 2. The van der Waals surface area contributed by atoms with E-state index in [-0.39, 0.29) is 5.91 Å². The Hall–Kier alpha value is -2.34. The van der Waals surface area contributed by atoms with Crippen molar-refractivity contribution in [1.29, 1.82) is 0 Å². The van der Waals surface area contributed by atoms with Crippen LogP contribution in [0.25, 0.3) is 0 Å². The third kappa shape index (κ3) is 3.21. The topological polar surface area (TPSA) is 53.4 Å². The zero-order valence-electron chi connectivity index (χ0n) is 15.2. The average molecular weight is 353 g/mol. The highest BCUT2D eigenvalue weighted by Gasteiger charge is 2.44. The number of hydrogen-bond acceptors (Lipinski definition) is 4. The van der Waals surface area contributed by atoms with Gasteiger partial charge in [0.25, 0.3) is 5.91 Å². The molecule has 1 N–H and O–H groups in total. The average Bonchev–Trinajstić information content (AvgIpc) is 3.14. The number of carbonyl (C=O) groups excluding carboxylic acids is 1. The normalized spacial score (nSPS) is 20.6. The first-order chi connectivity index (χ1) is 12.8. The molecule has 0 atom stereocenters. The number of amides is 1. The lowest BCUT2D eigenvalue weighted by Gasteiger charge is -2.40. The number of anilines is 1. The second-order valence-electron chi connectivity index (χ2n) is 7.20. The van der Waals surface area contributed by atoms with Gasteiger partial charge in [0.2, 0.25) is 0 Å². The van der Waals surface area contributed by atoms with Gasteiger partial charge in [-0.15, -0.1) is 0 Å². The molecule has 138 valence electrons. The Labute approximate surface area is 154 Å². The monoisotopic (exact) mass is 353 g/mol. The smallest absolute Gasteiger partial charge is 0.250 e. The van der Waals surface area contributed by atoms with E-state index < -0.39 is 5.54 Å². The molecular weight excluding hydrogens is 326 g/mol. The number of rotatable bonds is 3. The van der Waals surface area contributed by atoms with Crippen LogP contribution in [-0.4, -0.2) is 59.9 Å². The summed E-state index contributed by atoms with van der Waals surface area (Å²) in [5, 5.41) is 7.83. The van der Waals surface area contributed by atoms with Gasteiger partial charge in [-0.1, -0.05) is 18.2 Å². The third-order valence-corrected chi connectivity index (χ3v) is 5.68. The van der Waals surface area contributed by atoms with E-state index in [0.29, 0.717) is 0 Å². The summed E-state index contributed by atoms with van der Waals surface area (Å²) in [6.45, 7) is 5.17. The predicted octanol–water partition coefficient (Wildman–Crippen LogP) is 1.70. The van der Waals surface area contributed by atoms with Crippen LogP contribution >= 0.6 is 0 Å². The molecule has 2 aliphatic heterocycles. The SMILES string of the molecule is O=C(N1CCCN(c2ccccc2)CC1)C1(n2cccn2)CCNCC1. The maximum absolute atomic E-state index is 13.6. The Balaban J connectivity index is 1.52. The highest BCUT2D eigenvalue weighted by atomic mass is 16.2. The molecule has 2 aromatic rings. The van der Waals surface area contributed by atoms with Gasteiger partial charge in [-0.25, -0.2) is 0 Å². The van der Waals surface area contributed by atoms with Crippen LogP contribution in [-0.2, 0) is 10.3 Å². The predicted molar refractivity (Wildman–Crippen MR) is 102 cm³/mol. The molecule has 1 aromatic carbocycles. The van der Waals surface area contributed by atoms with Crippen LogP contribution < -0.4 is 10.2 Å². The van der Waals surface area contributed by atoms with Crippen LogP contribution in [0.1, 0.15) is 19.3 Å². The number of nitrogens with one attached hydrogen (secondary N) is 1. The molecule has 1 aromatic heterocycles. The lowest BCUT2D eigenvalue weighted by molar-refractivity contribution is -0.143. The van der Waals surface area contributed by atoms with Gasteiger partial charge >= 0.3 is 0 Å². The molecule has 6 nitrogen and oxygen atoms in total. The lowest BCUT2D eigenvalue weighted by Crippen LogP contribution is -2.56. The van der Waals surface area contributed by atoms with Crippen LogP contribution in [0.4, 0.5) is 5.69 Å². The van der Waals surface area contributed by atoms with Crippen molar-refractivity contribution in [2.75, 3.05) is 44.2 Å². The van der Waals surface area contributed by atoms with Gasteiger partial charge in [0.1, 0.15) is 5.54 Å². The molecule has 26 heavy (non-hydrogen) atoms. The van der Waals surface area contributed by atoms with Crippen molar-refractivity contribution >= 4 is 11.6 Å². The molecule has 2 saturated heterocycles. The molecule has 0 spiro atoms. The van der Waals surface area contributed by atoms with E-state index in [1.807, 2.05) is 23.0 Å². The Bertz CT molecular complexity index is 709. The summed E-state index contributed by atoms with van der Waals surface area (Å²) < 4.78 is 1.90. The molecule has 0 radical (unpaired) electrons. The minimum atomic E-state index is -0.531. The van der Waals surface area contributed by atoms with Crippen LogP contribution in [0.5, 0.6) is 0 Å². The van der Waals surface area contributed by atoms with Crippen molar-refractivity contribution < 1.29 is 4.79 Å². The molecule has 0 saturated carbocycles. The molecule has 4 rings (SSSR count). The number of carbonyl (C=O) groups is 1. The van der Waals surface area contributed by atoms with E-state index in [0.717, 1.165) is 58.5 Å². The highest BCUT2D eigenvalue weighted by Crippen LogP contribution is 2.30. The molecule has 1 amide bonds. The van der Waals surface area contributed by atoms with E-state index in [2.05, 4.69) is 44.5 Å². The number of hydrogen-bond donors (Lipinski definition) is 1. The second kappa shape index (κ2) is 7.50. The second-order valence-corrected chi connectivity index (χ2v) is 7.20. The first-order valence-electron chi connectivity index (χ1n) is 9.60. The first kappa shape index (κ1) is 17.1. The van der Waals surface area contributed by atoms with E-state index in [1.54, 1.807) is 6.20 Å². The zero-order valence-corrected chi connectivity index (χ0v) is 15.2. The standard InChI is InChI=1S/C20H27N5O/c26-19(20(8-11-21-12-9-20)25-15-4-10-22-25)24-14-5-13-23(16-17-24)18-6-2-1-3-7-18/h1-4,6-7,10,15,21H,5,8-9,11-14,16-17H2. The largest absolute Gasteiger partial charge is 0.370 e. The van der Waals surface area contributed by atoms with Gasteiger partial charge in [0, 0.05) is 44.3 Å². The van der Waals surface area contributed by atoms with Gasteiger partial charge in [0.05, 0.1) is 0 Å². The minimum Gasteiger partial charge on any atom is -0.370 e. The molecule has 6 heteroatoms. The maximum atomic E-state index is 13.6. The maximum Gasteiger partial charge on any atom is 0.250 e. The van der Waals surface area contributed by atoms with Gasteiger partial charge in [0.15, 0.2) is 0 Å². The van der Waals surface area contributed by atoms with Gasteiger partial charge in [-0.2, -0.15) is 5.10 Å². The molecule has 0 aliphatic carbocycles. The van der Waals surface area contributed by atoms with Crippen LogP contribution in [0.2, 0.25) is 0 Å². The zero-order chi connectivity index (χ0) is 17.8. The van der Waals surface area contributed by atoms with E-state index in [1.165, 1.54) is 5.69 Å². The van der Waals surface area contributed by atoms with Crippen molar-refractivity contribution in [3.8, 4) is 0 Å². The van der Waals surface area contributed by atoms with Crippen molar-refractivity contribution in [2.24, 2.45) is 0 Å². The third-order valence-electron chi connectivity index (χ3n) is 5.68. The minimum absolute atomic E-state index is 0.234. The number of para-hydroxylation sites is 1. The Morgan fingerprint density at radius 3 is 2.54 bits per heavy atom. The van der Waals surface area contributed by atoms with Crippen LogP contribution in [0.3, 0.4) is 0 Å². The summed E-state index contributed by atoms with van der Waals surface area (Å²) >= 11 is 0. The Morgan fingerprint density at radius 1 is 1.00 bits per heavy atom. The highest BCUT2D eigenvalue weighted by molar-refractivity contribution is 5.84. The first-order valence-corrected chi connectivity index (χ1v) is 9.60. The summed E-state index contributed by atoms with van der Waals surface area (Å²) in [6.07, 6.45) is 6.31. The molecule has 0 unspecified atom stereocenters. The van der Waals surface area contributed by atoms with E-state index in [4.69, 9.17) is 0 Å². The summed E-state index contributed by atoms with van der Waals surface area (Å²) in [6, 6.07) is 12.4. The lowest BCUT2D eigenvalue weighted by atomic mass is 9.86. The quantitative estimate of drug-likeness (QED) is 0.913. The summed E-state index contributed by atoms with van der Waals surface area (Å²) in [4.78, 5) is 18.0. The number of nitrogens with zero attached hydrogens (tertiary/aromatic N) is 4. The summed E-state index contributed by atoms with van der Waals surface area (Å²) in [5.41, 5.74) is 0.710. The fourth-order valence-corrected chi connectivity index (χ4v) is 4.22. The van der Waals surface area contributed by atoms with Crippen molar-refractivity contribution in [1.82, 2.24) is 20.0 Å². The number of benzene rings is 1. The summed E-state index contributed by atoms with van der Waals surface area (Å²) in [5.74, 6) is 0.234. The van der Waals surface area contributed by atoms with Crippen molar-refractivity contribution in [3.05, 3.63) is 48.8 Å². The molecule has 3 heterocycles. The molecule has 2 aliphatic rings. The van der Waals surface area contributed by atoms with Crippen molar-refractivity contribution in [2.45, 2.75) is 24.8 Å². The molecule has 0 bridgehead atoms. The molecular formula is C20H27N5O. The van der Waals surface area contributed by atoms with Gasteiger partial charge in [-0.3, -0.25) is 9.48 Å². The summed E-state index contributed by atoms with van der Waals surface area (Å²) in [7, 11) is 0.